The zero-order valence-electron chi connectivity index (χ0n) is 18.3. The van der Waals surface area contributed by atoms with E-state index in [9.17, 15) is 18.0 Å². The molecule has 3 rings (SSSR count). The quantitative estimate of drug-likeness (QED) is 0.437. The maximum Gasteiger partial charge on any atom is 0.416 e. The molecule has 1 aromatic heterocycles. The summed E-state index contributed by atoms with van der Waals surface area (Å²) >= 11 is 5.91. The van der Waals surface area contributed by atoms with Crippen LogP contribution >= 0.6 is 11.6 Å². The molecule has 2 aromatic carbocycles. The van der Waals surface area contributed by atoms with Crippen molar-refractivity contribution in [1.29, 1.82) is 0 Å². The van der Waals surface area contributed by atoms with Gasteiger partial charge in [-0.3, -0.25) is 4.79 Å². The Hall–Kier alpha value is -3.21. The maximum atomic E-state index is 13.1. The lowest BCUT2D eigenvalue weighted by Crippen LogP contribution is -2.40. The molecule has 0 spiro atoms. The lowest BCUT2D eigenvalue weighted by Gasteiger charge is -2.20. The van der Waals surface area contributed by atoms with Gasteiger partial charge in [-0.1, -0.05) is 41.4 Å². The highest BCUT2D eigenvalue weighted by atomic mass is 35.5. The first-order chi connectivity index (χ1) is 16.1. The Labute approximate surface area is 199 Å². The first kappa shape index (κ1) is 25.4. The van der Waals surface area contributed by atoms with Gasteiger partial charge < -0.3 is 14.9 Å². The lowest BCUT2D eigenvalue weighted by molar-refractivity contribution is -0.137. The van der Waals surface area contributed by atoms with E-state index in [1.54, 1.807) is 0 Å². The smallest absolute Gasteiger partial charge is 0.416 e. The van der Waals surface area contributed by atoms with Crippen molar-refractivity contribution in [3.8, 4) is 11.6 Å². The first-order valence-corrected chi connectivity index (χ1v) is 10.5. The van der Waals surface area contributed by atoms with Crippen LogP contribution in [0.5, 0.6) is 11.6 Å². The third-order valence-electron chi connectivity index (χ3n) is 4.95. The van der Waals surface area contributed by atoms with Crippen LogP contribution in [0.15, 0.2) is 48.5 Å². The number of carbonyl (C=O) groups is 1. The van der Waals surface area contributed by atoms with Gasteiger partial charge in [0.25, 0.3) is 11.8 Å². The molecule has 0 aliphatic rings. The Morgan fingerprint density at radius 2 is 1.91 bits per heavy atom. The molecule has 3 N–H and O–H groups in total. The molecule has 0 bridgehead atoms. The maximum absolute atomic E-state index is 13.1. The molecule has 0 saturated heterocycles. The van der Waals surface area contributed by atoms with Crippen LogP contribution in [0.4, 0.5) is 13.2 Å². The van der Waals surface area contributed by atoms with Gasteiger partial charge in [-0.05, 0) is 55.7 Å². The highest BCUT2D eigenvalue weighted by Gasteiger charge is 2.31. The fourth-order valence-electron chi connectivity index (χ4n) is 3.31. The van der Waals surface area contributed by atoms with Crippen molar-refractivity contribution in [2.45, 2.75) is 32.5 Å². The van der Waals surface area contributed by atoms with E-state index in [0.717, 1.165) is 28.8 Å². The van der Waals surface area contributed by atoms with Crippen LogP contribution in [0.1, 0.15) is 32.6 Å². The molecule has 180 valence electrons. The van der Waals surface area contributed by atoms with Crippen LogP contribution < -0.4 is 16.0 Å². The first-order valence-electron chi connectivity index (χ1n) is 10.1. The largest absolute Gasteiger partial charge is 0.437 e. The van der Waals surface area contributed by atoms with Crippen molar-refractivity contribution < 1.29 is 27.5 Å². The highest BCUT2D eigenvalue weighted by molar-refractivity contribution is 6.29. The van der Waals surface area contributed by atoms with Gasteiger partial charge in [0.05, 0.1) is 18.2 Å². The van der Waals surface area contributed by atoms with Gasteiger partial charge in [0, 0.05) is 0 Å². The number of rotatable bonds is 8. The third-order valence-corrected chi connectivity index (χ3v) is 5.13. The Balaban J connectivity index is 1.84. The molecule has 1 atom stereocenters. The summed E-state index contributed by atoms with van der Waals surface area (Å²) in [4.78, 5) is 17.8. The van der Waals surface area contributed by atoms with Gasteiger partial charge >= 0.3 is 6.18 Å². The summed E-state index contributed by atoms with van der Waals surface area (Å²) in [5.74, 6) is 4.15. The number of nitrogens with two attached hydrogens (primary N) is 1. The monoisotopic (exact) mass is 494 g/mol. The molecule has 1 heterocycles. The lowest BCUT2D eigenvalue weighted by atomic mass is 9.99. The molecule has 0 radical (unpaired) electrons. The molecule has 0 aliphatic carbocycles. The fraction of sp³-hybridized carbons (Fsp3) is 0.261. The minimum absolute atomic E-state index is 0.00905. The molecular weight excluding hydrogens is 473 g/mol. The number of aryl methyl sites for hydroxylation is 2. The summed E-state index contributed by atoms with van der Waals surface area (Å²) < 4.78 is 44.5. The standard InChI is InChI=1S/C23H22ClF3N4O3/c1-13-6-7-15(14(2)8-13)9-17(12-33-28)29-21(32)19-11-20(24)30-31-22(19)34-18-5-3-4-16(10-18)23(25,26)27/h3-8,10-11,17H,9,12,28H2,1-2H3,(H,29,32). The molecular formula is C23H22ClF3N4O3. The van der Waals surface area contributed by atoms with E-state index in [-0.39, 0.29) is 29.0 Å². The van der Waals surface area contributed by atoms with E-state index in [2.05, 4.69) is 15.5 Å². The van der Waals surface area contributed by atoms with E-state index in [0.29, 0.717) is 6.42 Å². The van der Waals surface area contributed by atoms with Gasteiger partial charge in [-0.25, -0.2) is 5.90 Å². The Morgan fingerprint density at radius 3 is 2.59 bits per heavy atom. The topological polar surface area (TPSA) is 99.4 Å². The second kappa shape index (κ2) is 10.8. The second-order valence-electron chi connectivity index (χ2n) is 7.65. The van der Waals surface area contributed by atoms with E-state index < -0.39 is 23.7 Å². The zero-order valence-corrected chi connectivity index (χ0v) is 19.1. The minimum atomic E-state index is -4.56. The number of alkyl halides is 3. The Morgan fingerprint density at radius 1 is 1.15 bits per heavy atom. The number of benzene rings is 2. The summed E-state index contributed by atoms with van der Waals surface area (Å²) in [5, 5.41) is 10.1. The molecule has 34 heavy (non-hydrogen) atoms. The van der Waals surface area contributed by atoms with E-state index in [4.69, 9.17) is 27.1 Å². The van der Waals surface area contributed by atoms with Crippen LogP contribution in [0.3, 0.4) is 0 Å². The number of aromatic nitrogens is 2. The number of nitrogens with zero attached hydrogens (tertiary/aromatic N) is 2. The molecule has 0 fully saturated rings. The number of amides is 1. The van der Waals surface area contributed by atoms with Crippen LogP contribution in [-0.2, 0) is 17.4 Å². The predicted octanol–water partition coefficient (Wildman–Crippen LogP) is 4.79. The summed E-state index contributed by atoms with van der Waals surface area (Å²) in [6.07, 6.45) is -4.14. The van der Waals surface area contributed by atoms with Gasteiger partial charge in [0.2, 0.25) is 0 Å². The Kier molecular flexibility index (Phi) is 8.08. The normalized spacial score (nSPS) is 12.3. The van der Waals surface area contributed by atoms with Crippen molar-refractivity contribution in [3.05, 3.63) is 81.5 Å². The third kappa shape index (κ3) is 6.66. The average molecular weight is 495 g/mol. The molecule has 1 unspecified atom stereocenters. The number of halogens is 4. The van der Waals surface area contributed by atoms with Crippen molar-refractivity contribution >= 4 is 17.5 Å². The van der Waals surface area contributed by atoms with E-state index >= 15 is 0 Å². The predicted molar refractivity (Wildman–Crippen MR) is 120 cm³/mol. The second-order valence-corrected chi connectivity index (χ2v) is 8.04. The van der Waals surface area contributed by atoms with E-state index in [1.807, 2.05) is 32.0 Å². The number of hydrogen-bond donors (Lipinski definition) is 2. The Bertz CT molecular complexity index is 1170. The van der Waals surface area contributed by atoms with Crippen LogP contribution in [0.2, 0.25) is 5.15 Å². The summed E-state index contributed by atoms with van der Waals surface area (Å²) in [7, 11) is 0. The number of carbonyl (C=O) groups excluding carboxylic acids is 1. The molecule has 7 nitrogen and oxygen atoms in total. The molecule has 3 aromatic rings. The molecule has 0 saturated carbocycles. The van der Waals surface area contributed by atoms with Crippen molar-refractivity contribution in [2.24, 2.45) is 5.90 Å². The molecule has 0 aliphatic heterocycles. The minimum Gasteiger partial charge on any atom is -0.437 e. The van der Waals surface area contributed by atoms with Gasteiger partial charge in [-0.2, -0.15) is 13.2 Å². The molecule has 1 amide bonds. The van der Waals surface area contributed by atoms with Gasteiger partial charge in [0.1, 0.15) is 11.3 Å². The van der Waals surface area contributed by atoms with Crippen LogP contribution in [0.25, 0.3) is 0 Å². The van der Waals surface area contributed by atoms with E-state index in [1.165, 1.54) is 18.2 Å². The van der Waals surface area contributed by atoms with Crippen LogP contribution in [-0.4, -0.2) is 28.8 Å². The fourth-order valence-corrected chi connectivity index (χ4v) is 3.46. The van der Waals surface area contributed by atoms with Crippen molar-refractivity contribution in [1.82, 2.24) is 15.5 Å². The SMILES string of the molecule is Cc1ccc(CC(CON)NC(=O)c2cc(Cl)nnc2Oc2cccc(C(F)(F)F)c2)c(C)c1. The number of hydrogen-bond acceptors (Lipinski definition) is 6. The van der Waals surface area contributed by atoms with Gasteiger partial charge in [-0.15, -0.1) is 10.2 Å². The summed E-state index contributed by atoms with van der Waals surface area (Å²) in [5.41, 5.74) is 2.11. The number of nitrogens with one attached hydrogen (secondary N) is 1. The number of ether oxygens (including phenoxy) is 1. The summed E-state index contributed by atoms with van der Waals surface area (Å²) in [6.45, 7) is 3.94. The zero-order chi connectivity index (χ0) is 24.9. The molecule has 11 heteroatoms. The van der Waals surface area contributed by atoms with Gasteiger partial charge in [0.15, 0.2) is 5.15 Å². The van der Waals surface area contributed by atoms with Crippen LogP contribution in [0, 0.1) is 13.8 Å². The van der Waals surface area contributed by atoms with Crippen molar-refractivity contribution in [2.75, 3.05) is 6.61 Å². The summed E-state index contributed by atoms with van der Waals surface area (Å²) in [6, 6.07) is 10.8. The average Bonchev–Trinajstić information content (AvgIpc) is 2.76. The van der Waals surface area contributed by atoms with Crippen molar-refractivity contribution in [3.63, 3.8) is 0 Å². The highest BCUT2D eigenvalue weighted by Crippen LogP contribution is 2.33.